The first-order valence-corrected chi connectivity index (χ1v) is 37.8. The van der Waals surface area contributed by atoms with E-state index in [4.69, 9.17) is 73.5 Å². The number of nitriles is 3. The summed E-state index contributed by atoms with van der Waals surface area (Å²) in [5.74, 6) is -2.15. The van der Waals surface area contributed by atoms with E-state index in [0.29, 0.717) is 5.02 Å². The van der Waals surface area contributed by atoms with E-state index in [2.05, 4.69) is 114 Å². The minimum absolute atomic E-state index is 0.0212. The molecule has 0 aliphatic carbocycles. The van der Waals surface area contributed by atoms with Crippen LogP contribution in [0.3, 0.4) is 0 Å². The van der Waals surface area contributed by atoms with Crippen molar-refractivity contribution in [1.82, 2.24) is 29.8 Å². The third kappa shape index (κ3) is 26.5. The number of nitrogens with zero attached hydrogens (tertiary/aromatic N) is 8. The number of halogens is 5. The van der Waals surface area contributed by atoms with Crippen LogP contribution in [0, 0.1) is 34.0 Å². The van der Waals surface area contributed by atoms with E-state index in [1.807, 2.05) is 65.0 Å². The second-order valence-electron chi connectivity index (χ2n) is 25.4. The summed E-state index contributed by atoms with van der Waals surface area (Å²) in [5.41, 5.74) is 13.4. The van der Waals surface area contributed by atoms with E-state index in [9.17, 15) is 24.9 Å². The molecule has 0 saturated carbocycles. The molecule has 0 bridgehead atoms. The molecule has 5 aliphatic heterocycles. The summed E-state index contributed by atoms with van der Waals surface area (Å²) in [6.07, 6.45) is 9.73. The summed E-state index contributed by atoms with van der Waals surface area (Å²) < 4.78 is -0.893. The zero-order valence-corrected chi connectivity index (χ0v) is 65.0. The summed E-state index contributed by atoms with van der Waals surface area (Å²) in [4.78, 5) is 47.3. The van der Waals surface area contributed by atoms with Crippen LogP contribution in [-0.2, 0) is 73.8 Å². The molecule has 14 nitrogen and oxygen atoms in total. The van der Waals surface area contributed by atoms with E-state index in [1.165, 1.54) is 67.4 Å². The van der Waals surface area contributed by atoms with Crippen molar-refractivity contribution in [2.45, 2.75) is 151 Å². The first-order chi connectivity index (χ1) is 45.4. The van der Waals surface area contributed by atoms with Crippen molar-refractivity contribution in [3.8, 4) is 18.2 Å². The van der Waals surface area contributed by atoms with Gasteiger partial charge in [-0.25, -0.2) is 0 Å². The highest BCUT2D eigenvalue weighted by molar-refractivity contribution is 8.13. The summed E-state index contributed by atoms with van der Waals surface area (Å²) in [5, 5.41) is 50.3. The third-order valence-electron chi connectivity index (χ3n) is 16.6. The average Bonchev–Trinajstić information content (AvgIpc) is 1.33. The molecule has 96 heavy (non-hydrogen) atoms. The quantitative estimate of drug-likeness (QED) is 0.0762. The molecule has 0 spiro atoms. The van der Waals surface area contributed by atoms with Gasteiger partial charge in [0, 0.05) is 90.9 Å². The minimum atomic E-state index is -1.08. The Morgan fingerprint density at radius 2 is 0.823 bits per heavy atom. The van der Waals surface area contributed by atoms with Gasteiger partial charge in [0.1, 0.15) is 9.49 Å². The molecule has 0 aromatic heterocycles. The van der Waals surface area contributed by atoms with Gasteiger partial charge >= 0.3 is 11.9 Å². The first kappa shape index (κ1) is 82.6. The fourth-order valence-electron chi connectivity index (χ4n) is 10.8. The molecule has 520 valence electrons. The predicted octanol–water partition coefficient (Wildman–Crippen LogP) is 16.3. The maximum atomic E-state index is 11.9. The summed E-state index contributed by atoms with van der Waals surface area (Å²) in [6, 6.07) is 27.3. The van der Waals surface area contributed by atoms with Crippen molar-refractivity contribution in [3.63, 3.8) is 0 Å². The number of likely N-dealkylation sites (N-methyl/N-ethyl adjacent to an activating group) is 4. The van der Waals surface area contributed by atoms with Gasteiger partial charge < -0.3 is 40.0 Å². The van der Waals surface area contributed by atoms with Crippen LogP contribution in [0.5, 0.6) is 0 Å². The molecular formula is C72H92Cl5N9O5S5. The number of benzene rings is 5. The van der Waals surface area contributed by atoms with Gasteiger partial charge in [0.05, 0.1) is 61.4 Å². The van der Waals surface area contributed by atoms with Crippen molar-refractivity contribution >= 4 is 135 Å². The Hall–Kier alpha value is -4.02. The Balaban J connectivity index is 0.000000212. The monoisotopic (exact) mass is 1500 g/mol. The number of aliphatic carboxylic acids is 2. The Kier molecular flexibility index (Phi) is 34.8. The van der Waals surface area contributed by atoms with Crippen molar-refractivity contribution in [2.75, 3.05) is 108 Å². The topological polar surface area (TPSA) is 191 Å². The molecule has 5 aromatic carbocycles. The lowest BCUT2D eigenvalue weighted by Crippen LogP contribution is -2.20. The van der Waals surface area contributed by atoms with Gasteiger partial charge in [0.25, 0.3) is 5.24 Å². The van der Waals surface area contributed by atoms with Crippen LogP contribution in [0.4, 0.5) is 4.79 Å². The predicted molar refractivity (Wildman–Crippen MR) is 406 cm³/mol. The normalized spacial score (nSPS) is 15.9. The van der Waals surface area contributed by atoms with E-state index in [-0.39, 0.29) is 23.3 Å². The molecule has 0 radical (unpaired) electrons. The summed E-state index contributed by atoms with van der Waals surface area (Å²) in [6.45, 7) is 20.2. The Morgan fingerprint density at radius 3 is 1.21 bits per heavy atom. The second kappa shape index (κ2) is 40.4. The first-order valence-electron chi connectivity index (χ1n) is 32.1. The van der Waals surface area contributed by atoms with Crippen LogP contribution in [0.2, 0.25) is 25.1 Å². The van der Waals surface area contributed by atoms with E-state index >= 15 is 0 Å². The zero-order valence-electron chi connectivity index (χ0n) is 57.1. The Labute approximate surface area is 618 Å². The standard InChI is InChI=1S/C15H19ClN2S.C14H19ClN2OS.2C14H17ClN2S.C11H14ClNS.C4H6O4/c1-15(2,10-17)19-14-12-7-9-18(3)8-6-11(12)4-5-13(14)16;1-16(2)14(18)19-13-11-7-9-17(3)8-6-10(11)4-5-12(13)15;1-14(2,9-16)18-13-11-6-8-17-7-5-10(11)3-4-12(13)15;1-10(9-16)18-14-12-6-8-17(2)7-5-11(12)3-4-13(14)15;1-13-6-4-8-2-3-10(12)11(14)9(8)5-7-13;5-3(6)1-2-4(7)8/h2*4-5H,6-9H2,1-3H3;3-4,17H,5-8H2,1-2H3;3-4,10H,5-8H2,1-2H3;2-3,14H,4-7H2,1H3;1-2H2,(H,5,6)(H,7,8). The number of amides is 1. The van der Waals surface area contributed by atoms with Crippen LogP contribution >= 0.6 is 118 Å². The Morgan fingerprint density at radius 1 is 0.510 bits per heavy atom. The van der Waals surface area contributed by atoms with Gasteiger partial charge in [0.2, 0.25) is 0 Å². The van der Waals surface area contributed by atoms with E-state index in [0.717, 1.165) is 174 Å². The number of rotatable bonds is 10. The molecule has 1 unspecified atom stereocenters. The maximum absolute atomic E-state index is 11.9. The lowest BCUT2D eigenvalue weighted by molar-refractivity contribution is -0.143. The molecule has 5 heterocycles. The summed E-state index contributed by atoms with van der Waals surface area (Å²) >= 11 is 41.8. The number of fused-ring (bicyclic) bond motifs is 5. The smallest absolute Gasteiger partial charge is 0.303 e. The van der Waals surface area contributed by atoms with Gasteiger partial charge in [-0.3, -0.25) is 14.4 Å². The zero-order chi connectivity index (χ0) is 71.0. The third-order valence-corrected chi connectivity index (χ3v) is 24.1. The Bertz CT molecular complexity index is 3600. The molecule has 1 amide bonds. The second-order valence-corrected chi connectivity index (χ2v) is 33.5. The van der Waals surface area contributed by atoms with E-state index in [1.54, 1.807) is 54.3 Å². The fraction of sp³-hybridized carbons (Fsp3) is 0.500. The van der Waals surface area contributed by atoms with Crippen LogP contribution in [0.15, 0.2) is 85.1 Å². The van der Waals surface area contributed by atoms with Gasteiger partial charge in [-0.15, -0.1) is 47.9 Å². The molecule has 10 rings (SSSR count). The number of hydrogen-bond donors (Lipinski definition) is 4. The molecule has 0 fully saturated rings. The number of thiol groups is 1. The van der Waals surface area contributed by atoms with Crippen molar-refractivity contribution in [2.24, 2.45) is 0 Å². The molecular weight excluding hydrogens is 1410 g/mol. The number of hydrogen-bond acceptors (Lipinski definition) is 16. The van der Waals surface area contributed by atoms with Gasteiger partial charge in [-0.1, -0.05) is 88.3 Å². The van der Waals surface area contributed by atoms with Crippen molar-refractivity contribution in [1.29, 1.82) is 15.8 Å². The molecule has 0 saturated heterocycles. The van der Waals surface area contributed by atoms with Gasteiger partial charge in [0.15, 0.2) is 0 Å². The lowest BCUT2D eigenvalue weighted by atomic mass is 10.0. The molecule has 3 N–H and O–H groups in total. The number of carboxylic acids is 2. The molecule has 5 aromatic rings. The largest absolute Gasteiger partial charge is 0.481 e. The van der Waals surface area contributed by atoms with Crippen LogP contribution in [0.25, 0.3) is 0 Å². The van der Waals surface area contributed by atoms with Crippen molar-refractivity contribution in [3.05, 3.63) is 141 Å². The number of thioether (sulfide) groups is 4. The minimum Gasteiger partial charge on any atom is -0.481 e. The van der Waals surface area contributed by atoms with Crippen molar-refractivity contribution < 1.29 is 24.6 Å². The number of carboxylic acid groups (broad SMARTS) is 2. The highest BCUT2D eigenvalue weighted by Gasteiger charge is 2.27. The average molecular weight is 1500 g/mol. The SMILES string of the molecule is CC(C#N)Sc1c(Cl)ccc2c1CCN(C)CC2.CC(C)(C#N)Sc1c(Cl)ccc2c1CCNCC2.CN1CCc2ccc(Cl)c(S)c2CC1.CN1CCc2ccc(Cl)c(SC(=O)N(C)C)c2CC1.CN1CCc2ccc(Cl)c(SC(C)(C)C#N)c2CC1.O=C(O)CCC(=O)O. The summed E-state index contributed by atoms with van der Waals surface area (Å²) in [7, 11) is 12.1. The van der Waals surface area contributed by atoms with Gasteiger partial charge in [-0.05, 0) is 238 Å². The molecule has 24 heteroatoms. The number of carbonyl (C=O) groups is 3. The van der Waals surface area contributed by atoms with Gasteiger partial charge in [-0.2, -0.15) is 15.8 Å². The van der Waals surface area contributed by atoms with Crippen LogP contribution in [0.1, 0.15) is 103 Å². The van der Waals surface area contributed by atoms with E-state index < -0.39 is 21.4 Å². The molecule has 1 atom stereocenters. The highest BCUT2D eigenvalue weighted by atomic mass is 35.5. The lowest BCUT2D eigenvalue weighted by Gasteiger charge is -2.20. The number of carbonyl (C=O) groups excluding carboxylic acids is 1. The fourth-order valence-corrected chi connectivity index (χ4v) is 16.5. The maximum Gasteiger partial charge on any atom is 0.303 e. The van der Waals surface area contributed by atoms with Crippen LogP contribution < -0.4 is 5.32 Å². The van der Waals surface area contributed by atoms with Crippen LogP contribution in [-0.4, -0.2) is 174 Å². The highest BCUT2D eigenvalue weighted by Crippen LogP contribution is 2.43. The molecule has 5 aliphatic rings. The number of nitrogens with one attached hydrogen (secondary N) is 1.